The number of hydrogen-bond acceptors (Lipinski definition) is 5. The van der Waals surface area contributed by atoms with Crippen LogP contribution in [0.25, 0.3) is 11.5 Å². The van der Waals surface area contributed by atoms with E-state index in [0.29, 0.717) is 18.6 Å². The normalized spacial score (nSPS) is 22.3. The van der Waals surface area contributed by atoms with Gasteiger partial charge in [0, 0.05) is 18.1 Å². The van der Waals surface area contributed by atoms with Gasteiger partial charge in [0.2, 0.25) is 0 Å². The summed E-state index contributed by atoms with van der Waals surface area (Å²) in [5, 5.41) is 4.10. The number of ether oxygens (including phenoxy) is 2. The van der Waals surface area contributed by atoms with E-state index in [2.05, 4.69) is 10.1 Å². The average molecular weight is 300 g/mol. The molecule has 0 spiro atoms. The molecule has 2 aromatic rings. The second-order valence-electron chi connectivity index (χ2n) is 6.07. The molecule has 0 radical (unpaired) electrons. The Kier molecular flexibility index (Phi) is 3.81. The summed E-state index contributed by atoms with van der Waals surface area (Å²) in [7, 11) is 0. The molecule has 0 unspecified atom stereocenters. The molecule has 1 aliphatic carbocycles. The van der Waals surface area contributed by atoms with E-state index in [9.17, 15) is 0 Å². The van der Waals surface area contributed by atoms with Gasteiger partial charge in [0.1, 0.15) is 5.75 Å². The second-order valence-corrected chi connectivity index (χ2v) is 6.07. The standard InChI is InChI=1S/C17H20N2O3/c1-2-6-14(5-1)21-15-7-3-4-12(10-15)17-18-16(19-22-17)13-8-9-20-11-13/h3-4,7,10,13-14H,1-2,5-6,8-9,11H2/t13-/m0/s1. The third-order valence-electron chi connectivity index (χ3n) is 4.42. The quantitative estimate of drug-likeness (QED) is 0.864. The zero-order valence-corrected chi connectivity index (χ0v) is 12.5. The van der Waals surface area contributed by atoms with Crippen molar-refractivity contribution in [3.63, 3.8) is 0 Å². The molecule has 0 amide bonds. The van der Waals surface area contributed by atoms with Crippen LogP contribution in [0.1, 0.15) is 43.8 Å². The maximum Gasteiger partial charge on any atom is 0.258 e. The van der Waals surface area contributed by atoms with E-state index in [4.69, 9.17) is 14.0 Å². The molecule has 116 valence electrons. The van der Waals surface area contributed by atoms with E-state index in [0.717, 1.165) is 43.0 Å². The molecule has 2 fully saturated rings. The molecule has 1 saturated heterocycles. The molecular weight excluding hydrogens is 280 g/mol. The molecule has 4 rings (SSSR count). The predicted octanol–water partition coefficient (Wildman–Crippen LogP) is 3.56. The average Bonchev–Trinajstić information content (AvgIpc) is 3.29. The Labute approximate surface area is 129 Å². The van der Waals surface area contributed by atoms with Crippen LogP contribution in [0.15, 0.2) is 28.8 Å². The molecule has 0 N–H and O–H groups in total. The fourth-order valence-corrected chi connectivity index (χ4v) is 3.16. The fourth-order valence-electron chi connectivity index (χ4n) is 3.16. The molecule has 1 aliphatic heterocycles. The molecule has 0 bridgehead atoms. The third-order valence-corrected chi connectivity index (χ3v) is 4.42. The minimum atomic E-state index is 0.260. The van der Waals surface area contributed by atoms with Gasteiger partial charge in [-0.1, -0.05) is 11.2 Å². The maximum atomic E-state index is 6.03. The van der Waals surface area contributed by atoms with Gasteiger partial charge in [0.15, 0.2) is 5.82 Å². The van der Waals surface area contributed by atoms with E-state index in [1.807, 2.05) is 24.3 Å². The Balaban J connectivity index is 1.51. The number of hydrogen-bond donors (Lipinski definition) is 0. The maximum absolute atomic E-state index is 6.03. The molecule has 1 saturated carbocycles. The van der Waals surface area contributed by atoms with Crippen molar-refractivity contribution in [3.05, 3.63) is 30.1 Å². The van der Waals surface area contributed by atoms with Gasteiger partial charge in [-0.3, -0.25) is 0 Å². The van der Waals surface area contributed by atoms with Crippen LogP contribution in [0.3, 0.4) is 0 Å². The second kappa shape index (κ2) is 6.08. The summed E-state index contributed by atoms with van der Waals surface area (Å²) in [6, 6.07) is 7.93. The van der Waals surface area contributed by atoms with Crippen LogP contribution in [0.4, 0.5) is 0 Å². The van der Waals surface area contributed by atoms with E-state index in [-0.39, 0.29) is 5.92 Å². The highest BCUT2D eigenvalue weighted by Crippen LogP contribution is 2.29. The highest BCUT2D eigenvalue weighted by atomic mass is 16.5. The smallest absolute Gasteiger partial charge is 0.258 e. The molecule has 1 aromatic heterocycles. The summed E-state index contributed by atoms with van der Waals surface area (Å²) >= 11 is 0. The monoisotopic (exact) mass is 300 g/mol. The van der Waals surface area contributed by atoms with Crippen molar-refractivity contribution < 1.29 is 14.0 Å². The van der Waals surface area contributed by atoms with Gasteiger partial charge in [0.25, 0.3) is 5.89 Å². The van der Waals surface area contributed by atoms with Crippen molar-refractivity contribution in [1.29, 1.82) is 0 Å². The highest BCUT2D eigenvalue weighted by Gasteiger charge is 2.23. The fraction of sp³-hybridized carbons (Fsp3) is 0.529. The minimum Gasteiger partial charge on any atom is -0.490 e. The molecule has 5 heteroatoms. The Morgan fingerprint density at radius 2 is 2.05 bits per heavy atom. The first-order valence-electron chi connectivity index (χ1n) is 8.07. The Bertz CT molecular complexity index is 628. The van der Waals surface area contributed by atoms with Gasteiger partial charge >= 0.3 is 0 Å². The van der Waals surface area contributed by atoms with Crippen LogP contribution < -0.4 is 4.74 Å². The number of nitrogens with zero attached hydrogens (tertiary/aromatic N) is 2. The van der Waals surface area contributed by atoms with Gasteiger partial charge in [0.05, 0.1) is 12.7 Å². The molecule has 2 aliphatic rings. The van der Waals surface area contributed by atoms with E-state index < -0.39 is 0 Å². The van der Waals surface area contributed by atoms with Crippen LogP contribution in [-0.2, 0) is 4.74 Å². The lowest BCUT2D eigenvalue weighted by Crippen LogP contribution is -2.10. The van der Waals surface area contributed by atoms with Gasteiger partial charge in [-0.05, 0) is 50.3 Å². The van der Waals surface area contributed by atoms with Crippen molar-refractivity contribution >= 4 is 0 Å². The van der Waals surface area contributed by atoms with Crippen molar-refractivity contribution in [2.45, 2.75) is 44.1 Å². The topological polar surface area (TPSA) is 57.4 Å². The number of rotatable bonds is 4. The summed E-state index contributed by atoms with van der Waals surface area (Å²) < 4.78 is 16.8. The lowest BCUT2D eigenvalue weighted by molar-refractivity contribution is 0.192. The van der Waals surface area contributed by atoms with Crippen LogP contribution >= 0.6 is 0 Å². The van der Waals surface area contributed by atoms with Gasteiger partial charge in [-0.25, -0.2) is 0 Å². The molecule has 1 aromatic carbocycles. The van der Waals surface area contributed by atoms with Crippen LogP contribution in [0.2, 0.25) is 0 Å². The summed E-state index contributed by atoms with van der Waals surface area (Å²) in [5.74, 6) is 2.44. The molecule has 1 atom stereocenters. The summed E-state index contributed by atoms with van der Waals surface area (Å²) in [5.41, 5.74) is 0.910. The van der Waals surface area contributed by atoms with Crippen LogP contribution in [-0.4, -0.2) is 29.5 Å². The summed E-state index contributed by atoms with van der Waals surface area (Å²) in [4.78, 5) is 4.52. The largest absolute Gasteiger partial charge is 0.490 e. The molecule has 5 nitrogen and oxygen atoms in total. The van der Waals surface area contributed by atoms with Gasteiger partial charge < -0.3 is 14.0 Å². The zero-order chi connectivity index (χ0) is 14.8. The van der Waals surface area contributed by atoms with Crippen LogP contribution in [0, 0.1) is 0 Å². The lowest BCUT2D eigenvalue weighted by Gasteiger charge is -2.13. The molecular formula is C17H20N2O3. The predicted molar refractivity (Wildman–Crippen MR) is 80.8 cm³/mol. The lowest BCUT2D eigenvalue weighted by atomic mass is 10.1. The first-order valence-corrected chi connectivity index (χ1v) is 8.07. The zero-order valence-electron chi connectivity index (χ0n) is 12.5. The van der Waals surface area contributed by atoms with Crippen molar-refractivity contribution in [2.75, 3.05) is 13.2 Å². The highest BCUT2D eigenvalue weighted by molar-refractivity contribution is 5.55. The SMILES string of the molecule is c1cc(OC2CCCC2)cc(-c2nc([C@H]3CCOC3)no2)c1. The van der Waals surface area contributed by atoms with Crippen molar-refractivity contribution in [3.8, 4) is 17.2 Å². The Morgan fingerprint density at radius 1 is 1.14 bits per heavy atom. The molecule has 22 heavy (non-hydrogen) atoms. The summed E-state index contributed by atoms with van der Waals surface area (Å²) in [6.07, 6.45) is 6.14. The third kappa shape index (κ3) is 2.86. The van der Waals surface area contributed by atoms with E-state index >= 15 is 0 Å². The van der Waals surface area contributed by atoms with Crippen molar-refractivity contribution in [1.82, 2.24) is 10.1 Å². The first kappa shape index (κ1) is 13.8. The Hall–Kier alpha value is -1.88. The van der Waals surface area contributed by atoms with Gasteiger partial charge in [-0.2, -0.15) is 4.98 Å². The van der Waals surface area contributed by atoms with Gasteiger partial charge in [-0.15, -0.1) is 0 Å². The molecule has 2 heterocycles. The van der Waals surface area contributed by atoms with E-state index in [1.54, 1.807) is 0 Å². The van der Waals surface area contributed by atoms with E-state index in [1.165, 1.54) is 12.8 Å². The van der Waals surface area contributed by atoms with Crippen LogP contribution in [0.5, 0.6) is 5.75 Å². The first-order chi connectivity index (χ1) is 10.9. The van der Waals surface area contributed by atoms with Crippen molar-refractivity contribution in [2.24, 2.45) is 0 Å². The summed E-state index contributed by atoms with van der Waals surface area (Å²) in [6.45, 7) is 1.46. The Morgan fingerprint density at radius 3 is 2.86 bits per heavy atom. The minimum absolute atomic E-state index is 0.260. The number of aromatic nitrogens is 2. The number of benzene rings is 1.